The summed E-state index contributed by atoms with van der Waals surface area (Å²) in [7, 11) is 0. The molecule has 0 amide bonds. The van der Waals surface area contributed by atoms with Gasteiger partial charge in [-0.1, -0.05) is 41.6 Å². The SMILES string of the molecule is CC(Sc1nc(O)c(C=N)c2c1CCCC2)c1ccccc1Cl. The van der Waals surface area contributed by atoms with E-state index in [-0.39, 0.29) is 11.1 Å². The van der Waals surface area contributed by atoms with Gasteiger partial charge in [-0.3, -0.25) is 0 Å². The lowest BCUT2D eigenvalue weighted by Crippen LogP contribution is -2.10. The molecular weight excluding hydrogens is 328 g/mol. The Balaban J connectivity index is 1.99. The number of hydrogen-bond acceptors (Lipinski definition) is 4. The van der Waals surface area contributed by atoms with E-state index in [2.05, 4.69) is 11.9 Å². The van der Waals surface area contributed by atoms with Gasteiger partial charge >= 0.3 is 0 Å². The third-order valence-corrected chi connectivity index (χ3v) is 5.79. The number of nitrogens with one attached hydrogen (secondary N) is 1. The van der Waals surface area contributed by atoms with Gasteiger partial charge in [-0.2, -0.15) is 0 Å². The van der Waals surface area contributed by atoms with E-state index in [1.54, 1.807) is 11.8 Å². The van der Waals surface area contributed by atoms with Crippen molar-refractivity contribution in [3.63, 3.8) is 0 Å². The lowest BCUT2D eigenvalue weighted by Gasteiger charge is -2.22. The molecule has 0 saturated heterocycles. The van der Waals surface area contributed by atoms with Crippen LogP contribution >= 0.6 is 23.4 Å². The van der Waals surface area contributed by atoms with E-state index in [4.69, 9.17) is 17.0 Å². The lowest BCUT2D eigenvalue weighted by atomic mass is 9.90. The summed E-state index contributed by atoms with van der Waals surface area (Å²) >= 11 is 7.92. The van der Waals surface area contributed by atoms with Crippen molar-refractivity contribution in [3.05, 3.63) is 51.5 Å². The van der Waals surface area contributed by atoms with Crippen molar-refractivity contribution >= 4 is 29.6 Å². The molecule has 0 aliphatic heterocycles. The second-order valence-corrected chi connectivity index (χ2v) is 7.48. The van der Waals surface area contributed by atoms with Gasteiger partial charge in [0.2, 0.25) is 5.88 Å². The van der Waals surface area contributed by atoms with Gasteiger partial charge < -0.3 is 10.5 Å². The molecule has 1 aliphatic carbocycles. The number of fused-ring (bicyclic) bond motifs is 1. The maximum absolute atomic E-state index is 10.2. The van der Waals surface area contributed by atoms with E-state index in [1.807, 2.05) is 24.3 Å². The van der Waals surface area contributed by atoms with Gasteiger partial charge in [0, 0.05) is 16.5 Å². The van der Waals surface area contributed by atoms with Gasteiger partial charge in [-0.25, -0.2) is 4.98 Å². The van der Waals surface area contributed by atoms with Crippen LogP contribution in [0.4, 0.5) is 0 Å². The first kappa shape index (κ1) is 16.3. The van der Waals surface area contributed by atoms with Crippen LogP contribution in [0.25, 0.3) is 0 Å². The first-order chi connectivity index (χ1) is 11.1. The third-order valence-electron chi connectivity index (χ3n) is 4.28. The summed E-state index contributed by atoms with van der Waals surface area (Å²) < 4.78 is 0. The zero-order valence-corrected chi connectivity index (χ0v) is 14.5. The predicted octanol–water partition coefficient (Wildman–Crippen LogP) is 5.17. The zero-order valence-electron chi connectivity index (χ0n) is 13.0. The van der Waals surface area contributed by atoms with Crippen LogP contribution in [0.3, 0.4) is 0 Å². The molecule has 0 fully saturated rings. The van der Waals surface area contributed by atoms with E-state index < -0.39 is 0 Å². The predicted molar refractivity (Wildman–Crippen MR) is 96.2 cm³/mol. The van der Waals surface area contributed by atoms with Crippen LogP contribution in [0.15, 0.2) is 29.3 Å². The Bertz CT molecular complexity index is 748. The molecule has 2 N–H and O–H groups in total. The molecule has 3 rings (SSSR count). The highest BCUT2D eigenvalue weighted by Gasteiger charge is 2.23. The van der Waals surface area contributed by atoms with Gasteiger partial charge in [0.1, 0.15) is 5.03 Å². The largest absolute Gasteiger partial charge is 0.493 e. The van der Waals surface area contributed by atoms with Crippen LogP contribution in [0.2, 0.25) is 5.02 Å². The summed E-state index contributed by atoms with van der Waals surface area (Å²) in [4.78, 5) is 4.38. The van der Waals surface area contributed by atoms with Crippen molar-refractivity contribution in [2.45, 2.75) is 42.9 Å². The number of pyridine rings is 1. The number of thioether (sulfide) groups is 1. The number of aromatic hydroxyl groups is 1. The molecule has 120 valence electrons. The summed E-state index contributed by atoms with van der Waals surface area (Å²) in [6.45, 7) is 2.10. The Labute approximate surface area is 145 Å². The molecule has 1 aliphatic rings. The van der Waals surface area contributed by atoms with Crippen molar-refractivity contribution in [2.75, 3.05) is 0 Å². The first-order valence-electron chi connectivity index (χ1n) is 7.78. The van der Waals surface area contributed by atoms with Crippen molar-refractivity contribution in [3.8, 4) is 5.88 Å². The first-order valence-corrected chi connectivity index (χ1v) is 9.04. The van der Waals surface area contributed by atoms with Crippen molar-refractivity contribution < 1.29 is 5.11 Å². The molecule has 1 heterocycles. The van der Waals surface area contributed by atoms with Crippen LogP contribution in [0, 0.1) is 5.41 Å². The van der Waals surface area contributed by atoms with Crippen molar-refractivity contribution in [2.24, 2.45) is 0 Å². The molecule has 2 aromatic rings. The number of hydrogen-bond donors (Lipinski definition) is 2. The van der Waals surface area contributed by atoms with E-state index in [1.165, 1.54) is 11.8 Å². The van der Waals surface area contributed by atoms with Crippen LogP contribution < -0.4 is 0 Å². The van der Waals surface area contributed by atoms with Crippen molar-refractivity contribution in [1.29, 1.82) is 5.41 Å². The normalized spacial score (nSPS) is 15.0. The molecule has 1 aromatic carbocycles. The number of benzene rings is 1. The average Bonchev–Trinajstić information content (AvgIpc) is 2.55. The minimum absolute atomic E-state index is 0.0329. The standard InChI is InChI=1S/C18H19ClN2OS/c1-11(12-6-4-5-9-16(12)19)23-18-14-8-3-2-7-13(14)15(10-20)17(22)21-18/h4-6,9-11,20H,2-3,7-8H2,1H3,(H,21,22). The maximum atomic E-state index is 10.2. The summed E-state index contributed by atoms with van der Waals surface area (Å²) in [5, 5.41) is 19.5. The fraction of sp³-hybridized carbons (Fsp3) is 0.333. The molecule has 0 bridgehead atoms. The molecular formula is C18H19ClN2OS. The highest BCUT2D eigenvalue weighted by molar-refractivity contribution is 7.99. The fourth-order valence-electron chi connectivity index (χ4n) is 3.08. The van der Waals surface area contributed by atoms with Crippen molar-refractivity contribution in [1.82, 2.24) is 4.98 Å². The molecule has 5 heteroatoms. The summed E-state index contributed by atoms with van der Waals surface area (Å²) in [5.74, 6) is -0.0329. The minimum Gasteiger partial charge on any atom is -0.493 e. The van der Waals surface area contributed by atoms with Gasteiger partial charge in [0.05, 0.1) is 5.56 Å². The van der Waals surface area contributed by atoms with Gasteiger partial charge in [0.15, 0.2) is 0 Å². The summed E-state index contributed by atoms with van der Waals surface area (Å²) in [5.41, 5.74) is 3.93. The molecule has 0 saturated carbocycles. The van der Waals surface area contributed by atoms with Gasteiger partial charge in [-0.15, -0.1) is 0 Å². The van der Waals surface area contributed by atoms with Crippen LogP contribution in [0.1, 0.15) is 47.3 Å². The minimum atomic E-state index is -0.0329. The summed E-state index contributed by atoms with van der Waals surface area (Å²) in [6.07, 6.45) is 5.32. The Morgan fingerprint density at radius 2 is 1.96 bits per heavy atom. The maximum Gasteiger partial charge on any atom is 0.221 e. The second-order valence-electron chi connectivity index (χ2n) is 5.74. The number of aromatic nitrogens is 1. The van der Waals surface area contributed by atoms with Gasteiger partial charge in [-0.05, 0) is 55.4 Å². The topological polar surface area (TPSA) is 57.0 Å². The fourth-order valence-corrected chi connectivity index (χ4v) is 4.62. The number of rotatable bonds is 4. The smallest absolute Gasteiger partial charge is 0.221 e. The molecule has 0 spiro atoms. The van der Waals surface area contributed by atoms with E-state index in [0.29, 0.717) is 5.56 Å². The number of nitrogens with zero attached hydrogens (tertiary/aromatic N) is 1. The van der Waals surface area contributed by atoms with Gasteiger partial charge in [0.25, 0.3) is 0 Å². The van der Waals surface area contributed by atoms with E-state index in [9.17, 15) is 5.11 Å². The lowest BCUT2D eigenvalue weighted by molar-refractivity contribution is 0.443. The Hall–Kier alpha value is -1.52. The van der Waals surface area contributed by atoms with E-state index in [0.717, 1.165) is 46.9 Å². The third kappa shape index (κ3) is 3.24. The highest BCUT2D eigenvalue weighted by atomic mass is 35.5. The molecule has 23 heavy (non-hydrogen) atoms. The molecule has 1 unspecified atom stereocenters. The monoisotopic (exact) mass is 346 g/mol. The van der Waals surface area contributed by atoms with Crippen LogP contribution in [0.5, 0.6) is 5.88 Å². The zero-order chi connectivity index (χ0) is 16.4. The van der Waals surface area contributed by atoms with Crippen LogP contribution in [-0.2, 0) is 12.8 Å². The quantitative estimate of drug-likeness (QED) is 0.593. The summed E-state index contributed by atoms with van der Waals surface area (Å²) in [6, 6.07) is 7.83. The van der Waals surface area contributed by atoms with Crippen LogP contribution in [-0.4, -0.2) is 16.3 Å². The average molecular weight is 347 g/mol. The molecule has 1 atom stereocenters. The Kier molecular flexibility index (Phi) is 4.93. The molecule has 3 nitrogen and oxygen atoms in total. The Morgan fingerprint density at radius 1 is 1.26 bits per heavy atom. The highest BCUT2D eigenvalue weighted by Crippen LogP contribution is 2.42. The Morgan fingerprint density at radius 3 is 2.65 bits per heavy atom. The number of halogens is 1. The second kappa shape index (κ2) is 6.93. The molecule has 1 aromatic heterocycles. The molecule has 0 radical (unpaired) electrons. The van der Waals surface area contributed by atoms with E-state index >= 15 is 0 Å².